The first-order chi connectivity index (χ1) is 18.9. The van der Waals surface area contributed by atoms with Gasteiger partial charge in [-0.05, 0) is 42.7 Å². The zero-order valence-electron chi connectivity index (χ0n) is 21.0. The molecule has 210 valence electrons. The van der Waals surface area contributed by atoms with Gasteiger partial charge < -0.3 is 19.7 Å². The Morgan fingerprint density at radius 2 is 1.93 bits per heavy atom. The summed E-state index contributed by atoms with van der Waals surface area (Å²) in [5.41, 5.74) is 3.71. The number of carboxylic acid groups (broad SMARTS) is 1. The number of methoxy groups -OCH3 is 1. The van der Waals surface area contributed by atoms with E-state index in [0.29, 0.717) is 23.4 Å². The minimum Gasteiger partial charge on any atom is -0.494 e. The van der Waals surface area contributed by atoms with Gasteiger partial charge in [0.15, 0.2) is 0 Å². The molecule has 0 fully saturated rings. The van der Waals surface area contributed by atoms with Crippen LogP contribution < -0.4 is 10.1 Å². The SMILES string of the molecule is C=C1CCn2nc(Nc3ccc(-n4cnc(Cl)c4)c(OC)c3)nc2C(c2ccc(F)cc2)C1.O=C(O)C(F)(F)F. The smallest absolute Gasteiger partial charge is 0.490 e. The molecule has 1 aliphatic heterocycles. The van der Waals surface area contributed by atoms with Crippen LogP contribution in [0.5, 0.6) is 5.75 Å². The maximum absolute atomic E-state index is 13.5. The molecule has 5 rings (SSSR count). The van der Waals surface area contributed by atoms with Crippen LogP contribution in [0, 0.1) is 5.82 Å². The number of allylic oxidation sites excluding steroid dienone is 1. The number of ether oxygens (including phenoxy) is 1. The minimum absolute atomic E-state index is 0.0356. The topological polar surface area (TPSA) is 107 Å². The number of halogens is 5. The number of alkyl halides is 3. The van der Waals surface area contributed by atoms with E-state index in [1.165, 1.54) is 12.1 Å². The fraction of sp³-hybridized carbons (Fsp3) is 0.231. The van der Waals surface area contributed by atoms with E-state index >= 15 is 0 Å². The Morgan fingerprint density at radius 3 is 2.52 bits per heavy atom. The number of aromatic nitrogens is 5. The number of hydrogen-bond acceptors (Lipinski definition) is 6. The van der Waals surface area contributed by atoms with Gasteiger partial charge in [0.2, 0.25) is 5.95 Å². The van der Waals surface area contributed by atoms with Crippen molar-refractivity contribution in [3.8, 4) is 11.4 Å². The highest BCUT2D eigenvalue weighted by molar-refractivity contribution is 6.29. The molecule has 4 aromatic rings. The van der Waals surface area contributed by atoms with E-state index in [4.69, 9.17) is 31.2 Å². The zero-order valence-corrected chi connectivity index (χ0v) is 21.7. The molecular formula is C26H23ClF4N6O3. The van der Waals surface area contributed by atoms with Crippen molar-refractivity contribution in [2.24, 2.45) is 0 Å². The van der Waals surface area contributed by atoms with Gasteiger partial charge in [0.1, 0.15) is 28.9 Å². The van der Waals surface area contributed by atoms with Gasteiger partial charge in [-0.3, -0.25) is 0 Å². The fourth-order valence-corrected chi connectivity index (χ4v) is 4.21. The average Bonchev–Trinajstić information content (AvgIpc) is 3.48. The second kappa shape index (κ2) is 11.8. The third-order valence-corrected chi connectivity index (χ3v) is 6.16. The number of aliphatic carboxylic acids is 1. The molecule has 1 unspecified atom stereocenters. The number of fused-ring (bicyclic) bond motifs is 1. The Bertz CT molecular complexity index is 1520. The highest BCUT2D eigenvalue weighted by atomic mass is 35.5. The lowest BCUT2D eigenvalue weighted by Gasteiger charge is -2.14. The lowest BCUT2D eigenvalue weighted by molar-refractivity contribution is -0.192. The zero-order chi connectivity index (χ0) is 29.0. The first kappa shape index (κ1) is 28.6. The lowest BCUT2D eigenvalue weighted by Crippen LogP contribution is -2.21. The maximum atomic E-state index is 13.5. The van der Waals surface area contributed by atoms with Crippen LogP contribution in [0.15, 0.2) is 67.1 Å². The van der Waals surface area contributed by atoms with Gasteiger partial charge >= 0.3 is 12.1 Å². The molecule has 14 heteroatoms. The monoisotopic (exact) mass is 578 g/mol. The van der Waals surface area contributed by atoms with E-state index in [1.807, 2.05) is 22.9 Å². The number of nitrogens with zero attached hydrogens (tertiary/aromatic N) is 5. The van der Waals surface area contributed by atoms with Crippen LogP contribution in [-0.2, 0) is 11.3 Å². The molecule has 2 aromatic carbocycles. The first-order valence-electron chi connectivity index (χ1n) is 11.8. The molecule has 0 spiro atoms. The van der Waals surface area contributed by atoms with Crippen molar-refractivity contribution >= 4 is 29.2 Å². The molecule has 2 N–H and O–H groups in total. The quantitative estimate of drug-likeness (QED) is 0.217. The molecule has 0 saturated heterocycles. The standard InChI is InChI=1S/C24H22ClFN6O.C2HF3O2/c1-15-9-10-32-23(19(11-15)16-3-5-17(26)6-4-16)29-24(30-32)28-18-7-8-20(21(12-18)33-2)31-13-22(25)27-14-31;3-2(4,5)1(6)7/h3-8,12-14,19H,1,9-11H2,2H3,(H,28,30);(H,6,7). The molecule has 40 heavy (non-hydrogen) atoms. The van der Waals surface area contributed by atoms with E-state index in [-0.39, 0.29) is 11.7 Å². The summed E-state index contributed by atoms with van der Waals surface area (Å²) in [7, 11) is 1.61. The third kappa shape index (κ3) is 6.78. The number of nitrogens with one attached hydrogen (secondary N) is 1. The van der Waals surface area contributed by atoms with Gasteiger partial charge in [0, 0.05) is 30.4 Å². The number of benzene rings is 2. The highest BCUT2D eigenvalue weighted by Gasteiger charge is 2.38. The van der Waals surface area contributed by atoms with Crippen molar-refractivity contribution in [3.63, 3.8) is 0 Å². The molecule has 0 bridgehead atoms. The Balaban J connectivity index is 0.000000470. The van der Waals surface area contributed by atoms with Crippen molar-refractivity contribution in [1.29, 1.82) is 0 Å². The summed E-state index contributed by atoms with van der Waals surface area (Å²) in [6.07, 6.45) is -0.169. The lowest BCUT2D eigenvalue weighted by atomic mass is 9.92. The highest BCUT2D eigenvalue weighted by Crippen LogP contribution is 2.35. The van der Waals surface area contributed by atoms with Gasteiger partial charge in [-0.15, -0.1) is 5.10 Å². The summed E-state index contributed by atoms with van der Waals surface area (Å²) in [5, 5.41) is 15.5. The normalized spacial score (nSPS) is 14.9. The van der Waals surface area contributed by atoms with Crippen LogP contribution >= 0.6 is 11.6 Å². The average molecular weight is 579 g/mol. The van der Waals surface area contributed by atoms with Crippen LogP contribution in [0.4, 0.5) is 29.2 Å². The number of carbonyl (C=O) groups is 1. The summed E-state index contributed by atoms with van der Waals surface area (Å²) >= 11 is 5.95. The molecule has 3 heterocycles. The van der Waals surface area contributed by atoms with E-state index in [0.717, 1.165) is 41.2 Å². The number of rotatable bonds is 5. The van der Waals surface area contributed by atoms with Crippen LogP contribution in [0.3, 0.4) is 0 Å². The van der Waals surface area contributed by atoms with Crippen molar-refractivity contribution < 1.29 is 32.2 Å². The molecule has 1 aliphatic rings. The second-order valence-corrected chi connectivity index (χ2v) is 9.13. The Labute approximate surface area is 230 Å². The number of carboxylic acids is 1. The molecule has 0 amide bonds. The molecular weight excluding hydrogens is 556 g/mol. The predicted molar refractivity (Wildman–Crippen MR) is 139 cm³/mol. The Kier molecular flexibility index (Phi) is 8.43. The summed E-state index contributed by atoms with van der Waals surface area (Å²) in [6, 6.07) is 12.2. The van der Waals surface area contributed by atoms with Crippen LogP contribution in [-0.4, -0.2) is 48.7 Å². The van der Waals surface area contributed by atoms with E-state index in [2.05, 4.69) is 22.0 Å². The maximum Gasteiger partial charge on any atom is 0.490 e. The summed E-state index contributed by atoms with van der Waals surface area (Å²) < 4.78 is 54.5. The largest absolute Gasteiger partial charge is 0.494 e. The second-order valence-electron chi connectivity index (χ2n) is 8.74. The Morgan fingerprint density at radius 1 is 1.23 bits per heavy atom. The van der Waals surface area contributed by atoms with E-state index in [1.54, 1.807) is 36.3 Å². The van der Waals surface area contributed by atoms with Crippen molar-refractivity contribution in [2.45, 2.75) is 31.5 Å². The molecule has 2 aromatic heterocycles. The van der Waals surface area contributed by atoms with Gasteiger partial charge in [-0.1, -0.05) is 35.9 Å². The molecule has 9 nitrogen and oxygen atoms in total. The first-order valence-corrected chi connectivity index (χ1v) is 12.1. The van der Waals surface area contributed by atoms with E-state index < -0.39 is 12.1 Å². The third-order valence-electron chi connectivity index (χ3n) is 5.96. The van der Waals surface area contributed by atoms with Crippen LogP contribution in [0.1, 0.15) is 30.1 Å². The van der Waals surface area contributed by atoms with E-state index in [9.17, 15) is 17.6 Å². The summed E-state index contributed by atoms with van der Waals surface area (Å²) in [6.45, 7) is 4.89. The van der Waals surface area contributed by atoms with Gasteiger partial charge in [-0.2, -0.15) is 18.2 Å². The van der Waals surface area contributed by atoms with Crippen LogP contribution in [0.2, 0.25) is 5.15 Å². The molecule has 0 saturated carbocycles. The van der Waals surface area contributed by atoms with Crippen molar-refractivity contribution in [3.05, 3.63) is 89.5 Å². The van der Waals surface area contributed by atoms with Crippen molar-refractivity contribution in [2.75, 3.05) is 12.4 Å². The van der Waals surface area contributed by atoms with Gasteiger partial charge in [0.05, 0.1) is 12.8 Å². The van der Waals surface area contributed by atoms with Crippen LogP contribution in [0.25, 0.3) is 5.69 Å². The number of hydrogen-bond donors (Lipinski definition) is 2. The molecule has 1 atom stereocenters. The number of aryl methyl sites for hydroxylation is 1. The summed E-state index contributed by atoms with van der Waals surface area (Å²) in [5.74, 6) is -1.08. The van der Waals surface area contributed by atoms with Gasteiger partial charge in [0.25, 0.3) is 0 Å². The number of anilines is 2. The summed E-state index contributed by atoms with van der Waals surface area (Å²) in [4.78, 5) is 17.7. The van der Waals surface area contributed by atoms with Gasteiger partial charge in [-0.25, -0.2) is 18.9 Å². The van der Waals surface area contributed by atoms with Crippen molar-refractivity contribution in [1.82, 2.24) is 24.3 Å². The Hall–Kier alpha value is -4.39. The molecule has 0 aliphatic carbocycles. The fourth-order valence-electron chi connectivity index (χ4n) is 4.07. The minimum atomic E-state index is -5.08. The predicted octanol–water partition coefficient (Wildman–Crippen LogP) is 6.12. The number of imidazole rings is 1. The molecule has 0 radical (unpaired) electrons.